The average molecular weight is 250 g/mol. The normalized spacial score (nSPS) is 10.2. The van der Waals surface area contributed by atoms with Crippen LogP contribution in [0.25, 0.3) is 0 Å². The van der Waals surface area contributed by atoms with Crippen molar-refractivity contribution in [3.8, 4) is 0 Å². The van der Waals surface area contributed by atoms with E-state index in [1.54, 1.807) is 17.4 Å². The number of nitrogens with zero attached hydrogens (tertiary/aromatic N) is 3. The van der Waals surface area contributed by atoms with Crippen molar-refractivity contribution in [2.24, 2.45) is 5.84 Å². The number of hydrazine groups is 1. The fourth-order valence-electron chi connectivity index (χ4n) is 1.41. The van der Waals surface area contributed by atoms with Crippen molar-refractivity contribution in [3.63, 3.8) is 0 Å². The van der Waals surface area contributed by atoms with E-state index < -0.39 is 0 Å². The molecule has 0 bridgehead atoms. The lowest BCUT2D eigenvalue weighted by Crippen LogP contribution is -2.12. The Labute approximate surface area is 103 Å². The van der Waals surface area contributed by atoms with Crippen LogP contribution < -0.4 is 16.6 Å². The van der Waals surface area contributed by atoms with Crippen LogP contribution in [0.15, 0.2) is 17.6 Å². The predicted octanol–water partition coefficient (Wildman–Crippen LogP) is 1.18. The maximum atomic E-state index is 5.32. The van der Waals surface area contributed by atoms with Crippen molar-refractivity contribution in [2.45, 2.75) is 13.3 Å². The molecule has 2 aromatic heterocycles. The summed E-state index contributed by atoms with van der Waals surface area (Å²) in [5.41, 5.74) is 2.51. The van der Waals surface area contributed by atoms with Gasteiger partial charge in [-0.1, -0.05) is 0 Å². The van der Waals surface area contributed by atoms with Crippen LogP contribution in [0.3, 0.4) is 0 Å². The van der Waals surface area contributed by atoms with Crippen molar-refractivity contribution in [1.82, 2.24) is 15.0 Å². The number of aromatic nitrogens is 3. The van der Waals surface area contributed by atoms with E-state index in [4.69, 9.17) is 5.84 Å². The molecule has 0 aromatic carbocycles. The van der Waals surface area contributed by atoms with Crippen LogP contribution in [0.4, 0.5) is 11.6 Å². The van der Waals surface area contributed by atoms with E-state index in [9.17, 15) is 0 Å². The van der Waals surface area contributed by atoms with Gasteiger partial charge in [0.15, 0.2) is 0 Å². The summed E-state index contributed by atoms with van der Waals surface area (Å²) in [6.07, 6.45) is 2.69. The first-order valence-corrected chi connectivity index (χ1v) is 6.10. The van der Waals surface area contributed by atoms with Crippen LogP contribution in [-0.4, -0.2) is 21.5 Å². The van der Waals surface area contributed by atoms with E-state index in [0.29, 0.717) is 11.6 Å². The number of aryl methyl sites for hydroxylation is 1. The van der Waals surface area contributed by atoms with Crippen LogP contribution in [0.1, 0.15) is 10.8 Å². The summed E-state index contributed by atoms with van der Waals surface area (Å²) in [6.45, 7) is 2.61. The topological polar surface area (TPSA) is 88.8 Å². The first-order valence-electron chi connectivity index (χ1n) is 5.22. The van der Waals surface area contributed by atoms with E-state index >= 15 is 0 Å². The Morgan fingerprint density at radius 1 is 1.35 bits per heavy atom. The molecule has 0 unspecified atom stereocenters. The number of anilines is 2. The highest BCUT2D eigenvalue weighted by atomic mass is 32.1. The smallest absolute Gasteiger partial charge is 0.145 e. The van der Waals surface area contributed by atoms with Crippen LogP contribution in [0.2, 0.25) is 0 Å². The lowest BCUT2D eigenvalue weighted by molar-refractivity contribution is 0.968. The molecule has 0 aliphatic carbocycles. The standard InChI is InChI=1S/C10H14N6S/c1-7-14-8(6-9(15-7)16-11)12-3-2-10-13-4-5-17-10/h4-6H,2-3,11H2,1H3,(H2,12,14,15,16). The molecule has 7 heteroatoms. The lowest BCUT2D eigenvalue weighted by atomic mass is 10.4. The second-order valence-electron chi connectivity index (χ2n) is 3.43. The molecular formula is C10H14N6S. The number of nitrogen functional groups attached to an aromatic ring is 1. The van der Waals surface area contributed by atoms with E-state index in [1.807, 2.05) is 18.5 Å². The molecule has 0 atom stereocenters. The minimum atomic E-state index is 0.606. The highest BCUT2D eigenvalue weighted by Gasteiger charge is 2.01. The fourth-order valence-corrected chi connectivity index (χ4v) is 2.03. The summed E-state index contributed by atoms with van der Waals surface area (Å²) in [5.74, 6) is 7.37. The van der Waals surface area contributed by atoms with Gasteiger partial charge < -0.3 is 10.7 Å². The zero-order valence-corrected chi connectivity index (χ0v) is 10.3. The molecule has 2 aromatic rings. The highest BCUT2D eigenvalue weighted by molar-refractivity contribution is 7.09. The Bertz CT molecular complexity index is 470. The maximum Gasteiger partial charge on any atom is 0.145 e. The molecule has 0 saturated heterocycles. The van der Waals surface area contributed by atoms with Crippen LogP contribution in [0.5, 0.6) is 0 Å². The Kier molecular flexibility index (Phi) is 3.84. The molecule has 0 aliphatic heterocycles. The van der Waals surface area contributed by atoms with Gasteiger partial charge in [-0.15, -0.1) is 11.3 Å². The summed E-state index contributed by atoms with van der Waals surface area (Å²) in [7, 11) is 0. The Hall–Kier alpha value is -1.73. The zero-order chi connectivity index (χ0) is 12.1. The summed E-state index contributed by atoms with van der Waals surface area (Å²) >= 11 is 1.65. The zero-order valence-electron chi connectivity index (χ0n) is 9.47. The van der Waals surface area contributed by atoms with Gasteiger partial charge >= 0.3 is 0 Å². The number of rotatable bonds is 5. The van der Waals surface area contributed by atoms with Crippen molar-refractivity contribution >= 4 is 23.0 Å². The summed E-state index contributed by atoms with van der Waals surface area (Å²) in [4.78, 5) is 12.6. The highest BCUT2D eigenvalue weighted by Crippen LogP contribution is 2.10. The first-order chi connectivity index (χ1) is 8.28. The SMILES string of the molecule is Cc1nc(NN)cc(NCCc2nccs2)n1. The van der Waals surface area contributed by atoms with Crippen molar-refractivity contribution in [1.29, 1.82) is 0 Å². The van der Waals surface area contributed by atoms with Gasteiger partial charge in [-0.2, -0.15) is 0 Å². The molecule has 2 rings (SSSR count). The second-order valence-corrected chi connectivity index (χ2v) is 4.41. The Balaban J connectivity index is 1.92. The third-order valence-corrected chi connectivity index (χ3v) is 2.95. The molecule has 90 valence electrons. The lowest BCUT2D eigenvalue weighted by Gasteiger charge is -2.07. The van der Waals surface area contributed by atoms with Gasteiger partial charge in [-0.05, 0) is 6.92 Å². The Morgan fingerprint density at radius 3 is 2.88 bits per heavy atom. The monoisotopic (exact) mass is 250 g/mol. The van der Waals surface area contributed by atoms with Crippen LogP contribution in [0, 0.1) is 6.92 Å². The number of hydrogen-bond donors (Lipinski definition) is 3. The van der Waals surface area contributed by atoms with Crippen LogP contribution in [-0.2, 0) is 6.42 Å². The van der Waals surface area contributed by atoms with Crippen molar-refractivity contribution < 1.29 is 0 Å². The van der Waals surface area contributed by atoms with Gasteiger partial charge in [0.25, 0.3) is 0 Å². The molecule has 17 heavy (non-hydrogen) atoms. The van der Waals surface area contributed by atoms with E-state index in [2.05, 4.69) is 25.7 Å². The van der Waals surface area contributed by atoms with Gasteiger partial charge in [0.1, 0.15) is 17.5 Å². The molecule has 0 fully saturated rings. The molecule has 0 aliphatic rings. The minimum absolute atomic E-state index is 0.606. The quantitative estimate of drug-likeness (QED) is 0.545. The van der Waals surface area contributed by atoms with Gasteiger partial charge in [0.2, 0.25) is 0 Å². The van der Waals surface area contributed by atoms with Crippen LogP contribution >= 0.6 is 11.3 Å². The van der Waals surface area contributed by atoms with Gasteiger partial charge in [0, 0.05) is 30.6 Å². The number of nitrogens with two attached hydrogens (primary N) is 1. The average Bonchev–Trinajstić information content (AvgIpc) is 2.81. The molecule has 0 spiro atoms. The largest absolute Gasteiger partial charge is 0.369 e. The van der Waals surface area contributed by atoms with Crippen molar-refractivity contribution in [2.75, 3.05) is 17.3 Å². The predicted molar refractivity (Wildman–Crippen MR) is 68.9 cm³/mol. The molecular weight excluding hydrogens is 236 g/mol. The minimum Gasteiger partial charge on any atom is -0.369 e. The van der Waals surface area contributed by atoms with E-state index in [1.165, 1.54) is 0 Å². The summed E-state index contributed by atoms with van der Waals surface area (Å²) in [6, 6.07) is 1.77. The van der Waals surface area contributed by atoms with E-state index in [-0.39, 0.29) is 0 Å². The fraction of sp³-hybridized carbons (Fsp3) is 0.300. The van der Waals surface area contributed by atoms with Crippen molar-refractivity contribution in [3.05, 3.63) is 28.5 Å². The number of nitrogens with one attached hydrogen (secondary N) is 2. The second kappa shape index (κ2) is 5.55. The summed E-state index contributed by atoms with van der Waals surface area (Å²) < 4.78 is 0. The third-order valence-electron chi connectivity index (χ3n) is 2.11. The molecule has 6 nitrogen and oxygen atoms in total. The molecule has 0 radical (unpaired) electrons. The first kappa shape index (κ1) is 11.7. The molecule has 0 amide bonds. The number of hydrogen-bond acceptors (Lipinski definition) is 7. The number of thiazole rings is 1. The van der Waals surface area contributed by atoms with Gasteiger partial charge in [-0.25, -0.2) is 20.8 Å². The van der Waals surface area contributed by atoms with Gasteiger partial charge in [-0.3, -0.25) is 0 Å². The summed E-state index contributed by atoms with van der Waals surface area (Å²) in [5, 5.41) is 6.30. The molecule has 2 heterocycles. The maximum absolute atomic E-state index is 5.32. The third kappa shape index (κ3) is 3.36. The van der Waals surface area contributed by atoms with Gasteiger partial charge in [0.05, 0.1) is 5.01 Å². The Morgan fingerprint density at radius 2 is 2.18 bits per heavy atom. The van der Waals surface area contributed by atoms with E-state index in [0.717, 1.165) is 23.8 Å². The molecule has 4 N–H and O–H groups in total. The molecule has 0 saturated carbocycles.